The number of hydrogen-bond donors (Lipinski definition) is 1. The minimum absolute atomic E-state index is 0.0460. The third kappa shape index (κ3) is 4.46. The van der Waals surface area contributed by atoms with E-state index in [0.29, 0.717) is 6.29 Å². The first kappa shape index (κ1) is 19.1. The number of carbonyl (C=O) groups is 2. The van der Waals surface area contributed by atoms with Crippen molar-refractivity contribution < 1.29 is 22.7 Å². The summed E-state index contributed by atoms with van der Waals surface area (Å²) in [5.74, 6) is -0.665. The maximum absolute atomic E-state index is 12.7. The van der Waals surface area contributed by atoms with Crippen LogP contribution in [0.5, 0.6) is 5.75 Å². The summed E-state index contributed by atoms with van der Waals surface area (Å²) < 4.78 is 32.9. The molecule has 0 unspecified atom stereocenters. The van der Waals surface area contributed by atoms with Crippen LogP contribution in [0.3, 0.4) is 0 Å². The van der Waals surface area contributed by atoms with E-state index < -0.39 is 16.0 Å². The van der Waals surface area contributed by atoms with Gasteiger partial charge in [-0.1, -0.05) is 26.8 Å². The first-order chi connectivity index (χ1) is 11.5. The standard InChI is InChI=1S/C17H19NO5S2/c1-11(20)23-14-9-12(17(2,3)4)5-6-16(14)25(21,22)18-13-7-8-24-15(13)10-19/h5-10,18H,1-4H3. The summed E-state index contributed by atoms with van der Waals surface area (Å²) in [6, 6.07) is 6.12. The molecule has 0 radical (unpaired) electrons. The van der Waals surface area contributed by atoms with Crippen LogP contribution in [0, 0.1) is 0 Å². The zero-order valence-electron chi connectivity index (χ0n) is 14.3. The SMILES string of the molecule is CC(=O)Oc1cc(C(C)(C)C)ccc1S(=O)(=O)Nc1ccsc1C=O. The Morgan fingerprint density at radius 2 is 1.92 bits per heavy atom. The van der Waals surface area contributed by atoms with E-state index in [2.05, 4.69) is 4.72 Å². The molecule has 0 spiro atoms. The quantitative estimate of drug-likeness (QED) is 0.486. The number of ether oxygens (including phenoxy) is 1. The zero-order valence-corrected chi connectivity index (χ0v) is 16.0. The lowest BCUT2D eigenvalue weighted by molar-refractivity contribution is -0.132. The largest absolute Gasteiger partial charge is 0.425 e. The van der Waals surface area contributed by atoms with Crippen molar-refractivity contribution in [1.29, 1.82) is 0 Å². The van der Waals surface area contributed by atoms with Gasteiger partial charge in [-0.05, 0) is 34.6 Å². The molecule has 25 heavy (non-hydrogen) atoms. The van der Waals surface area contributed by atoms with E-state index in [-0.39, 0.29) is 26.6 Å². The molecule has 0 aliphatic heterocycles. The monoisotopic (exact) mass is 381 g/mol. The lowest BCUT2D eigenvalue weighted by atomic mass is 9.87. The topological polar surface area (TPSA) is 89.5 Å². The Morgan fingerprint density at radius 1 is 1.24 bits per heavy atom. The van der Waals surface area contributed by atoms with E-state index in [1.165, 1.54) is 19.1 Å². The molecule has 2 aromatic rings. The Labute approximate surface area is 150 Å². The predicted octanol–water partition coefficient (Wildman–Crippen LogP) is 3.58. The van der Waals surface area contributed by atoms with Crippen LogP contribution in [0.4, 0.5) is 5.69 Å². The number of anilines is 1. The Morgan fingerprint density at radius 3 is 2.48 bits per heavy atom. The Hall–Kier alpha value is -2.19. The van der Waals surface area contributed by atoms with Crippen molar-refractivity contribution in [3.63, 3.8) is 0 Å². The van der Waals surface area contributed by atoms with Crippen LogP contribution in [0.15, 0.2) is 34.5 Å². The predicted molar refractivity (Wildman–Crippen MR) is 97.0 cm³/mol. The molecule has 1 heterocycles. The van der Waals surface area contributed by atoms with Gasteiger partial charge in [0.2, 0.25) is 0 Å². The summed E-state index contributed by atoms with van der Waals surface area (Å²) in [5, 5.41) is 1.61. The fourth-order valence-corrected chi connectivity index (χ4v) is 4.03. The highest BCUT2D eigenvalue weighted by Gasteiger charge is 2.25. The molecule has 0 aliphatic rings. The molecule has 1 aromatic heterocycles. The number of hydrogen-bond acceptors (Lipinski definition) is 6. The molecule has 1 N–H and O–H groups in total. The van der Waals surface area contributed by atoms with Gasteiger partial charge in [-0.2, -0.15) is 0 Å². The van der Waals surface area contributed by atoms with Gasteiger partial charge in [-0.15, -0.1) is 11.3 Å². The van der Waals surface area contributed by atoms with E-state index in [9.17, 15) is 18.0 Å². The highest BCUT2D eigenvalue weighted by atomic mass is 32.2. The fourth-order valence-electron chi connectivity index (χ4n) is 2.13. The van der Waals surface area contributed by atoms with E-state index in [1.807, 2.05) is 20.8 Å². The van der Waals surface area contributed by atoms with Gasteiger partial charge >= 0.3 is 5.97 Å². The second-order valence-corrected chi connectivity index (χ2v) is 9.03. The normalized spacial score (nSPS) is 11.8. The number of nitrogens with one attached hydrogen (secondary N) is 1. The average Bonchev–Trinajstić information content (AvgIpc) is 2.91. The maximum Gasteiger partial charge on any atom is 0.308 e. The number of thiophene rings is 1. The van der Waals surface area contributed by atoms with Crippen molar-refractivity contribution in [2.24, 2.45) is 0 Å². The molecule has 0 saturated carbocycles. The molecule has 0 atom stereocenters. The van der Waals surface area contributed by atoms with Crippen LogP contribution >= 0.6 is 11.3 Å². The molecule has 0 amide bonds. The summed E-state index contributed by atoms with van der Waals surface area (Å²) in [5.41, 5.74) is 0.767. The first-order valence-corrected chi connectivity index (χ1v) is 9.79. The van der Waals surface area contributed by atoms with E-state index >= 15 is 0 Å². The molecule has 134 valence electrons. The van der Waals surface area contributed by atoms with E-state index in [4.69, 9.17) is 4.74 Å². The van der Waals surface area contributed by atoms with Gasteiger partial charge in [0, 0.05) is 6.92 Å². The Balaban J connectivity index is 2.52. The van der Waals surface area contributed by atoms with Crippen LogP contribution in [0.1, 0.15) is 42.9 Å². The number of benzene rings is 1. The third-order valence-corrected chi connectivity index (χ3v) is 5.65. The van der Waals surface area contributed by atoms with E-state index in [1.54, 1.807) is 17.5 Å². The van der Waals surface area contributed by atoms with Crippen molar-refractivity contribution in [3.8, 4) is 5.75 Å². The van der Waals surface area contributed by atoms with Gasteiger partial charge in [-0.3, -0.25) is 14.3 Å². The van der Waals surface area contributed by atoms with Crippen molar-refractivity contribution in [2.75, 3.05) is 4.72 Å². The molecular weight excluding hydrogens is 362 g/mol. The third-order valence-electron chi connectivity index (χ3n) is 3.40. The molecule has 0 aliphatic carbocycles. The van der Waals surface area contributed by atoms with Crippen LogP contribution < -0.4 is 9.46 Å². The van der Waals surface area contributed by atoms with Crippen LogP contribution in [-0.2, 0) is 20.2 Å². The Kier molecular flexibility index (Phi) is 5.34. The number of carbonyl (C=O) groups excluding carboxylic acids is 2. The molecular formula is C17H19NO5S2. The minimum Gasteiger partial charge on any atom is -0.425 e. The van der Waals surface area contributed by atoms with Crippen molar-refractivity contribution in [3.05, 3.63) is 40.1 Å². The van der Waals surface area contributed by atoms with Gasteiger partial charge in [-0.25, -0.2) is 8.42 Å². The molecule has 6 nitrogen and oxygen atoms in total. The van der Waals surface area contributed by atoms with Crippen LogP contribution in [0.2, 0.25) is 0 Å². The average molecular weight is 381 g/mol. The summed E-state index contributed by atoms with van der Waals surface area (Å²) in [6.45, 7) is 7.10. The highest BCUT2D eigenvalue weighted by molar-refractivity contribution is 7.92. The second-order valence-electron chi connectivity index (χ2n) is 6.43. The van der Waals surface area contributed by atoms with Crippen LogP contribution in [0.25, 0.3) is 0 Å². The molecule has 0 fully saturated rings. The lowest BCUT2D eigenvalue weighted by Crippen LogP contribution is -2.18. The second kappa shape index (κ2) is 6.97. The van der Waals surface area contributed by atoms with Gasteiger partial charge in [0.1, 0.15) is 4.90 Å². The molecule has 8 heteroatoms. The summed E-state index contributed by atoms with van der Waals surface area (Å²) >= 11 is 1.13. The minimum atomic E-state index is -4.03. The fraction of sp³-hybridized carbons (Fsp3) is 0.294. The smallest absolute Gasteiger partial charge is 0.308 e. The van der Waals surface area contributed by atoms with Gasteiger partial charge in [0.25, 0.3) is 10.0 Å². The summed E-state index contributed by atoms with van der Waals surface area (Å²) in [6.07, 6.45) is 0.582. The van der Waals surface area contributed by atoms with E-state index in [0.717, 1.165) is 16.9 Å². The molecule has 0 bridgehead atoms. The number of aldehydes is 1. The van der Waals surface area contributed by atoms with Crippen molar-refractivity contribution in [1.82, 2.24) is 0 Å². The lowest BCUT2D eigenvalue weighted by Gasteiger charge is -2.21. The Bertz CT molecular complexity index is 907. The molecule has 2 rings (SSSR count). The van der Waals surface area contributed by atoms with Crippen molar-refractivity contribution >= 4 is 39.3 Å². The molecule has 1 aromatic carbocycles. The number of esters is 1. The summed E-state index contributed by atoms with van der Waals surface area (Å²) in [4.78, 5) is 22.5. The van der Waals surface area contributed by atoms with Gasteiger partial charge in [0.05, 0.1) is 10.6 Å². The number of rotatable bonds is 5. The summed E-state index contributed by atoms with van der Waals surface area (Å²) in [7, 11) is -4.03. The first-order valence-electron chi connectivity index (χ1n) is 7.43. The highest BCUT2D eigenvalue weighted by Crippen LogP contribution is 2.33. The van der Waals surface area contributed by atoms with Crippen LogP contribution in [-0.4, -0.2) is 20.7 Å². The zero-order chi connectivity index (χ0) is 18.8. The van der Waals surface area contributed by atoms with Crippen molar-refractivity contribution in [2.45, 2.75) is 38.0 Å². The molecule has 0 saturated heterocycles. The number of sulfonamides is 1. The maximum atomic E-state index is 12.7. The van der Waals surface area contributed by atoms with Gasteiger partial charge < -0.3 is 4.74 Å². The van der Waals surface area contributed by atoms with Gasteiger partial charge in [0.15, 0.2) is 12.0 Å².